The predicted molar refractivity (Wildman–Crippen MR) is 160 cm³/mol. The van der Waals surface area contributed by atoms with Crippen molar-refractivity contribution >= 4 is 5.97 Å². The summed E-state index contributed by atoms with van der Waals surface area (Å²) in [5.74, 6) is 3.49. The molecule has 0 N–H and O–H groups in total. The summed E-state index contributed by atoms with van der Waals surface area (Å²) in [5.41, 5.74) is 3.93. The van der Waals surface area contributed by atoms with Gasteiger partial charge in [-0.15, -0.1) is 0 Å². The zero-order valence-corrected chi connectivity index (χ0v) is 26.1. The van der Waals surface area contributed by atoms with Crippen molar-refractivity contribution in [3.8, 4) is 0 Å². The van der Waals surface area contributed by atoms with Crippen LogP contribution in [-0.2, 0) is 4.74 Å². The third-order valence-corrected chi connectivity index (χ3v) is 14.6. The second kappa shape index (κ2) is 8.96. The molecule has 0 aliphatic heterocycles. The van der Waals surface area contributed by atoms with Crippen LogP contribution in [0.25, 0.3) is 0 Å². The second-order valence-electron chi connectivity index (χ2n) is 16.4. The minimum atomic E-state index is -0.156. The number of allylic oxidation sites excluding steroid dienone is 2. The van der Waals surface area contributed by atoms with Crippen LogP contribution in [0.5, 0.6) is 0 Å². The lowest BCUT2D eigenvalue weighted by molar-refractivity contribution is -0.204. The first-order chi connectivity index (χ1) is 18.3. The van der Waals surface area contributed by atoms with E-state index in [1.807, 2.05) is 35.9 Å². The lowest BCUT2D eigenvalue weighted by Crippen LogP contribution is -2.65. The van der Waals surface area contributed by atoms with E-state index < -0.39 is 0 Å². The van der Waals surface area contributed by atoms with E-state index in [-0.39, 0.29) is 22.9 Å². The Bertz CT molecular complexity index is 1150. The van der Waals surface area contributed by atoms with E-state index in [0.717, 1.165) is 24.2 Å². The molecule has 0 radical (unpaired) electrons. The third kappa shape index (κ3) is 3.74. The smallest absolute Gasteiger partial charge is 0.338 e. The molecule has 1 aromatic carbocycles. The van der Waals surface area contributed by atoms with E-state index in [2.05, 4.69) is 61.5 Å². The van der Waals surface area contributed by atoms with E-state index >= 15 is 0 Å². The largest absolute Gasteiger partial charge is 0.458 e. The Balaban J connectivity index is 1.31. The maximum atomic E-state index is 13.1. The van der Waals surface area contributed by atoms with Gasteiger partial charge in [-0.1, -0.05) is 85.2 Å². The molecule has 4 fully saturated rings. The Hall–Kier alpha value is -1.57. The van der Waals surface area contributed by atoms with Gasteiger partial charge in [0, 0.05) is 5.41 Å². The van der Waals surface area contributed by atoms with Crippen LogP contribution in [0, 0.1) is 56.7 Å². The first kappa shape index (κ1) is 27.6. The number of hydrogen-bond acceptors (Lipinski definition) is 2. The molecular weight excluding hydrogens is 476 g/mol. The van der Waals surface area contributed by atoms with E-state index in [4.69, 9.17) is 4.74 Å². The molecule has 0 spiro atoms. The average Bonchev–Trinajstić information content (AvgIpc) is 2.89. The fourth-order valence-corrected chi connectivity index (χ4v) is 11.8. The molecule has 2 heteroatoms. The normalized spacial score (nSPS) is 48.5. The number of hydrogen-bond donors (Lipinski definition) is 0. The second-order valence-corrected chi connectivity index (χ2v) is 16.4. The number of fused-ring (bicyclic) bond motifs is 7. The van der Waals surface area contributed by atoms with Crippen LogP contribution < -0.4 is 0 Å². The summed E-state index contributed by atoms with van der Waals surface area (Å²) in [6, 6.07) is 9.57. The minimum Gasteiger partial charge on any atom is -0.458 e. The van der Waals surface area contributed by atoms with Gasteiger partial charge in [0.1, 0.15) is 6.10 Å². The van der Waals surface area contributed by atoms with Gasteiger partial charge in [-0.05, 0) is 121 Å². The molecule has 0 bridgehead atoms. The summed E-state index contributed by atoms with van der Waals surface area (Å²) in [4.78, 5) is 13.1. The van der Waals surface area contributed by atoms with Gasteiger partial charge < -0.3 is 4.74 Å². The van der Waals surface area contributed by atoms with Gasteiger partial charge >= 0.3 is 5.97 Å². The van der Waals surface area contributed by atoms with Crippen LogP contribution in [0.4, 0.5) is 0 Å². The summed E-state index contributed by atoms with van der Waals surface area (Å²) >= 11 is 0. The van der Waals surface area contributed by atoms with Gasteiger partial charge in [0.25, 0.3) is 0 Å². The molecule has 6 rings (SSSR count). The molecule has 0 saturated heterocycles. The lowest BCUT2D eigenvalue weighted by Gasteiger charge is -2.71. The first-order valence-electron chi connectivity index (χ1n) is 16.2. The van der Waals surface area contributed by atoms with Gasteiger partial charge in [-0.2, -0.15) is 0 Å². The van der Waals surface area contributed by atoms with Gasteiger partial charge in [-0.3, -0.25) is 0 Å². The summed E-state index contributed by atoms with van der Waals surface area (Å²) in [5, 5.41) is 0. The third-order valence-electron chi connectivity index (χ3n) is 14.6. The number of rotatable bonds is 2. The topological polar surface area (TPSA) is 26.3 Å². The van der Waals surface area contributed by atoms with Crippen LogP contribution in [0.1, 0.15) is 124 Å². The highest BCUT2D eigenvalue weighted by Crippen LogP contribution is 2.75. The Morgan fingerprint density at radius 2 is 1.54 bits per heavy atom. The minimum absolute atomic E-state index is 0.0159. The molecule has 0 aromatic heterocycles. The summed E-state index contributed by atoms with van der Waals surface area (Å²) < 4.78 is 6.29. The Kier molecular flexibility index (Phi) is 6.34. The molecular formula is C37H54O2. The molecule has 0 unspecified atom stereocenters. The molecule has 214 valence electrons. The Labute approximate surface area is 238 Å². The number of ether oxygens (including phenoxy) is 1. The van der Waals surface area contributed by atoms with Crippen LogP contribution in [0.2, 0.25) is 0 Å². The van der Waals surface area contributed by atoms with Crippen molar-refractivity contribution in [1.29, 1.82) is 0 Å². The van der Waals surface area contributed by atoms with Crippen molar-refractivity contribution in [2.24, 2.45) is 56.7 Å². The summed E-state index contributed by atoms with van der Waals surface area (Å²) in [6.07, 6.45) is 14.3. The highest BCUT2D eigenvalue weighted by Gasteiger charge is 2.68. The molecule has 0 amide bonds. The monoisotopic (exact) mass is 530 g/mol. The van der Waals surface area contributed by atoms with Crippen molar-refractivity contribution in [2.45, 2.75) is 119 Å². The SMILES string of the molecule is C[C@@H]1[C@H](C)CC[C@]2(C)CC[C@]3(C)C(=CC[C@@H]4[C@@]5(C)CC[C@H](OC(=O)c6ccccc6)C(C)(C)[C@H]5CC[C@]43C)[C@@H]12. The number of carbonyl (C=O) groups is 1. The fraction of sp³-hybridized carbons (Fsp3) is 0.757. The zero-order chi connectivity index (χ0) is 28.0. The average molecular weight is 531 g/mol. The number of carbonyl (C=O) groups excluding carboxylic acids is 1. The van der Waals surface area contributed by atoms with E-state index in [1.165, 1.54) is 51.4 Å². The molecule has 5 aliphatic carbocycles. The van der Waals surface area contributed by atoms with E-state index in [9.17, 15) is 4.79 Å². The van der Waals surface area contributed by atoms with Gasteiger partial charge in [0.15, 0.2) is 0 Å². The van der Waals surface area contributed by atoms with Crippen molar-refractivity contribution in [1.82, 2.24) is 0 Å². The Morgan fingerprint density at radius 3 is 2.26 bits per heavy atom. The van der Waals surface area contributed by atoms with E-state index in [0.29, 0.717) is 33.6 Å². The lowest BCUT2D eigenvalue weighted by atomic mass is 9.33. The van der Waals surface area contributed by atoms with Crippen molar-refractivity contribution in [3.63, 3.8) is 0 Å². The standard InChI is InChI=1S/C37H54O2/c1-24-16-19-34(5)22-23-36(7)27(31(34)25(24)2)14-15-29-35(6)20-18-30(39-32(38)26-12-10-9-11-13-26)33(3,4)28(35)17-21-37(29,36)8/h9-14,24-25,28-31H,15-23H2,1-8H3/t24-,25-,28-,29-,30+,31-,34-,35+,36-,37-/m1/s1. The van der Waals surface area contributed by atoms with Gasteiger partial charge in [0.05, 0.1) is 5.56 Å². The van der Waals surface area contributed by atoms with Crippen molar-refractivity contribution < 1.29 is 9.53 Å². The molecule has 5 aliphatic rings. The van der Waals surface area contributed by atoms with Crippen LogP contribution in [0.3, 0.4) is 0 Å². The maximum absolute atomic E-state index is 13.1. The molecule has 4 saturated carbocycles. The summed E-state index contributed by atoms with van der Waals surface area (Å²) in [7, 11) is 0. The summed E-state index contributed by atoms with van der Waals surface area (Å²) in [6.45, 7) is 20.6. The first-order valence-corrected chi connectivity index (χ1v) is 16.2. The maximum Gasteiger partial charge on any atom is 0.338 e. The Morgan fingerprint density at radius 1 is 0.821 bits per heavy atom. The predicted octanol–water partition coefficient (Wildman–Crippen LogP) is 9.89. The van der Waals surface area contributed by atoms with Crippen LogP contribution in [0.15, 0.2) is 42.0 Å². The van der Waals surface area contributed by atoms with Crippen molar-refractivity contribution in [3.05, 3.63) is 47.5 Å². The molecule has 39 heavy (non-hydrogen) atoms. The van der Waals surface area contributed by atoms with Crippen LogP contribution >= 0.6 is 0 Å². The zero-order valence-electron chi connectivity index (χ0n) is 26.1. The van der Waals surface area contributed by atoms with Crippen LogP contribution in [-0.4, -0.2) is 12.1 Å². The van der Waals surface area contributed by atoms with Gasteiger partial charge in [0.2, 0.25) is 0 Å². The number of benzene rings is 1. The van der Waals surface area contributed by atoms with Crippen molar-refractivity contribution in [2.75, 3.05) is 0 Å². The molecule has 10 atom stereocenters. The van der Waals surface area contributed by atoms with E-state index in [1.54, 1.807) is 0 Å². The highest BCUT2D eigenvalue weighted by molar-refractivity contribution is 5.89. The quantitative estimate of drug-likeness (QED) is 0.281. The fourth-order valence-electron chi connectivity index (χ4n) is 11.8. The van der Waals surface area contributed by atoms with Gasteiger partial charge in [-0.25, -0.2) is 4.79 Å². The molecule has 0 heterocycles. The number of esters is 1. The molecule has 1 aromatic rings. The molecule has 2 nitrogen and oxygen atoms in total. The highest BCUT2D eigenvalue weighted by atomic mass is 16.5.